The van der Waals surface area contributed by atoms with Gasteiger partial charge in [0.1, 0.15) is 0 Å². The second kappa shape index (κ2) is 4.08. The lowest BCUT2D eigenvalue weighted by Crippen LogP contribution is -2.24. The van der Waals surface area contributed by atoms with Crippen molar-refractivity contribution in [2.45, 2.75) is 63.9 Å². The van der Waals surface area contributed by atoms with E-state index in [1.54, 1.807) is 0 Å². The van der Waals surface area contributed by atoms with Gasteiger partial charge >= 0.3 is 0 Å². The first kappa shape index (κ1) is 10.1. The van der Waals surface area contributed by atoms with Crippen LogP contribution in [0.4, 0.5) is 0 Å². The quantitative estimate of drug-likeness (QED) is 0.754. The molecule has 0 amide bonds. The SMILES string of the molecule is OC(CC1CC2CCC1C2)C1CCCC1. The van der Waals surface area contributed by atoms with Crippen molar-refractivity contribution < 1.29 is 5.11 Å². The standard InChI is InChI=1S/C14H24O/c15-14(11-3-1-2-4-11)9-13-8-10-5-6-12(13)7-10/h10-15H,1-9H2. The van der Waals surface area contributed by atoms with Gasteiger partial charge in [0.25, 0.3) is 0 Å². The summed E-state index contributed by atoms with van der Waals surface area (Å²) in [4.78, 5) is 0. The molecule has 0 aromatic rings. The van der Waals surface area contributed by atoms with E-state index in [9.17, 15) is 5.11 Å². The van der Waals surface area contributed by atoms with Crippen LogP contribution >= 0.6 is 0 Å². The van der Waals surface area contributed by atoms with Crippen LogP contribution in [-0.2, 0) is 0 Å². The molecule has 0 aromatic heterocycles. The molecule has 4 unspecified atom stereocenters. The Kier molecular flexibility index (Phi) is 2.76. The van der Waals surface area contributed by atoms with Crippen molar-refractivity contribution in [2.24, 2.45) is 23.7 Å². The third kappa shape index (κ3) is 1.95. The molecule has 86 valence electrons. The summed E-state index contributed by atoms with van der Waals surface area (Å²) >= 11 is 0. The predicted molar refractivity (Wildman–Crippen MR) is 61.5 cm³/mol. The van der Waals surface area contributed by atoms with Crippen LogP contribution in [0.1, 0.15) is 57.8 Å². The van der Waals surface area contributed by atoms with Crippen LogP contribution in [0.25, 0.3) is 0 Å². The molecule has 0 spiro atoms. The third-order valence-corrected chi connectivity index (χ3v) is 5.37. The maximum atomic E-state index is 10.2. The number of hydrogen-bond donors (Lipinski definition) is 1. The van der Waals surface area contributed by atoms with Crippen molar-refractivity contribution in [1.29, 1.82) is 0 Å². The van der Waals surface area contributed by atoms with Gasteiger partial charge in [-0.2, -0.15) is 0 Å². The molecule has 0 heterocycles. The van der Waals surface area contributed by atoms with Gasteiger partial charge in [-0.3, -0.25) is 0 Å². The van der Waals surface area contributed by atoms with Gasteiger partial charge in [-0.05, 0) is 62.2 Å². The third-order valence-electron chi connectivity index (χ3n) is 5.37. The van der Waals surface area contributed by atoms with E-state index in [1.807, 2.05) is 0 Å². The van der Waals surface area contributed by atoms with Gasteiger partial charge in [-0.1, -0.05) is 19.3 Å². The first-order valence-corrected chi connectivity index (χ1v) is 7.01. The van der Waals surface area contributed by atoms with E-state index in [2.05, 4.69) is 0 Å². The fraction of sp³-hybridized carbons (Fsp3) is 1.00. The van der Waals surface area contributed by atoms with E-state index in [0.717, 1.165) is 24.2 Å². The molecule has 0 aliphatic heterocycles. The minimum Gasteiger partial charge on any atom is -0.393 e. The Labute approximate surface area is 93.3 Å². The van der Waals surface area contributed by atoms with Crippen LogP contribution in [0.3, 0.4) is 0 Å². The molecule has 1 nitrogen and oxygen atoms in total. The molecule has 3 fully saturated rings. The van der Waals surface area contributed by atoms with Crippen molar-refractivity contribution in [3.63, 3.8) is 0 Å². The highest BCUT2D eigenvalue weighted by atomic mass is 16.3. The second-order valence-corrected chi connectivity index (χ2v) is 6.28. The summed E-state index contributed by atoms with van der Waals surface area (Å²) in [6, 6.07) is 0. The maximum absolute atomic E-state index is 10.2. The predicted octanol–water partition coefficient (Wildman–Crippen LogP) is 3.36. The molecule has 1 heteroatoms. The maximum Gasteiger partial charge on any atom is 0.0571 e. The molecule has 3 aliphatic rings. The van der Waals surface area contributed by atoms with E-state index >= 15 is 0 Å². The fourth-order valence-electron chi connectivity index (χ4n) is 4.51. The zero-order valence-corrected chi connectivity index (χ0v) is 9.70. The Morgan fingerprint density at radius 2 is 1.80 bits per heavy atom. The van der Waals surface area contributed by atoms with Crippen molar-refractivity contribution in [2.75, 3.05) is 0 Å². The topological polar surface area (TPSA) is 20.2 Å². The summed E-state index contributed by atoms with van der Waals surface area (Å²) in [6.07, 6.45) is 12.4. The molecule has 3 rings (SSSR count). The van der Waals surface area contributed by atoms with Gasteiger partial charge in [0.05, 0.1) is 6.10 Å². The Morgan fingerprint density at radius 3 is 2.40 bits per heavy atom. The average molecular weight is 208 g/mol. The first-order chi connectivity index (χ1) is 7.33. The summed E-state index contributed by atoms with van der Waals surface area (Å²) in [7, 11) is 0. The summed E-state index contributed by atoms with van der Waals surface area (Å²) in [6.45, 7) is 0. The van der Waals surface area contributed by atoms with Crippen molar-refractivity contribution in [3.8, 4) is 0 Å². The summed E-state index contributed by atoms with van der Waals surface area (Å²) in [5.41, 5.74) is 0. The highest BCUT2D eigenvalue weighted by Crippen LogP contribution is 2.50. The van der Waals surface area contributed by atoms with E-state index in [-0.39, 0.29) is 6.10 Å². The Morgan fingerprint density at radius 1 is 1.00 bits per heavy atom. The highest BCUT2D eigenvalue weighted by molar-refractivity contribution is 4.91. The van der Waals surface area contributed by atoms with Gasteiger partial charge in [-0.25, -0.2) is 0 Å². The molecule has 0 aromatic carbocycles. The number of aliphatic hydroxyl groups excluding tert-OH is 1. The number of aliphatic hydroxyl groups is 1. The van der Waals surface area contributed by atoms with Gasteiger partial charge in [-0.15, -0.1) is 0 Å². The van der Waals surface area contributed by atoms with E-state index in [1.165, 1.54) is 51.4 Å². The lowest BCUT2D eigenvalue weighted by molar-refractivity contribution is 0.0729. The molecule has 0 saturated heterocycles. The smallest absolute Gasteiger partial charge is 0.0571 e. The molecule has 3 saturated carbocycles. The Hall–Kier alpha value is -0.0400. The van der Waals surface area contributed by atoms with Crippen LogP contribution < -0.4 is 0 Å². The van der Waals surface area contributed by atoms with Gasteiger partial charge in [0, 0.05) is 0 Å². The number of hydrogen-bond acceptors (Lipinski definition) is 1. The van der Waals surface area contributed by atoms with Gasteiger partial charge < -0.3 is 5.11 Å². The van der Waals surface area contributed by atoms with Crippen molar-refractivity contribution in [3.05, 3.63) is 0 Å². The van der Waals surface area contributed by atoms with E-state index in [4.69, 9.17) is 0 Å². The molecule has 15 heavy (non-hydrogen) atoms. The number of fused-ring (bicyclic) bond motifs is 2. The molecular weight excluding hydrogens is 184 g/mol. The monoisotopic (exact) mass is 208 g/mol. The zero-order valence-electron chi connectivity index (χ0n) is 9.70. The van der Waals surface area contributed by atoms with Crippen LogP contribution in [0.2, 0.25) is 0 Å². The largest absolute Gasteiger partial charge is 0.393 e. The zero-order chi connectivity index (χ0) is 10.3. The van der Waals surface area contributed by atoms with Crippen LogP contribution in [0.5, 0.6) is 0 Å². The first-order valence-electron chi connectivity index (χ1n) is 7.01. The van der Waals surface area contributed by atoms with E-state index < -0.39 is 0 Å². The summed E-state index contributed by atoms with van der Waals surface area (Å²) in [5.74, 6) is 3.57. The molecule has 0 radical (unpaired) electrons. The minimum absolute atomic E-state index is 0.0387. The summed E-state index contributed by atoms with van der Waals surface area (Å²) < 4.78 is 0. The van der Waals surface area contributed by atoms with Crippen molar-refractivity contribution in [1.82, 2.24) is 0 Å². The normalized spacial score (nSPS) is 42.6. The molecular formula is C14H24O. The fourth-order valence-corrected chi connectivity index (χ4v) is 4.51. The molecule has 1 N–H and O–H groups in total. The van der Waals surface area contributed by atoms with E-state index in [0.29, 0.717) is 5.92 Å². The molecule has 3 aliphatic carbocycles. The van der Waals surface area contributed by atoms with Crippen LogP contribution in [0, 0.1) is 23.7 Å². The lowest BCUT2D eigenvalue weighted by Gasteiger charge is -2.26. The number of rotatable bonds is 3. The summed E-state index contributed by atoms with van der Waals surface area (Å²) in [5, 5.41) is 10.2. The van der Waals surface area contributed by atoms with Gasteiger partial charge in [0.15, 0.2) is 0 Å². The van der Waals surface area contributed by atoms with Crippen LogP contribution in [-0.4, -0.2) is 11.2 Å². The van der Waals surface area contributed by atoms with Crippen molar-refractivity contribution >= 4 is 0 Å². The Balaban J connectivity index is 1.52. The lowest BCUT2D eigenvalue weighted by atomic mass is 9.82. The second-order valence-electron chi connectivity index (χ2n) is 6.28. The Bertz CT molecular complexity index is 219. The average Bonchev–Trinajstić information content (AvgIpc) is 2.95. The molecule has 4 atom stereocenters. The van der Waals surface area contributed by atoms with Gasteiger partial charge in [0.2, 0.25) is 0 Å². The molecule has 2 bridgehead atoms. The van der Waals surface area contributed by atoms with Crippen LogP contribution in [0.15, 0.2) is 0 Å². The minimum atomic E-state index is 0.0387. The highest BCUT2D eigenvalue weighted by Gasteiger charge is 2.40.